The number of benzene rings is 1. The zero-order valence-electron chi connectivity index (χ0n) is 10.1. The molecule has 1 saturated heterocycles. The normalized spacial score (nSPS) is 16.0. The fraction of sp³-hybridized carbons (Fsp3) is 0.308. The van der Waals surface area contributed by atoms with Crippen molar-refractivity contribution in [1.82, 2.24) is 4.98 Å². The lowest BCUT2D eigenvalue weighted by molar-refractivity contribution is 0.652. The lowest BCUT2D eigenvalue weighted by Gasteiger charge is -2.36. The average Bonchev–Trinajstić information content (AvgIpc) is 2.93. The fourth-order valence-corrected chi connectivity index (χ4v) is 2.95. The molecule has 0 bridgehead atoms. The van der Waals surface area contributed by atoms with E-state index in [1.54, 1.807) is 11.3 Å². The van der Waals surface area contributed by atoms with Crippen molar-refractivity contribution in [2.45, 2.75) is 0 Å². The van der Waals surface area contributed by atoms with Crippen LogP contribution in [0.25, 0.3) is 0 Å². The minimum Gasteiger partial charge on any atom is -0.399 e. The molecule has 5 heteroatoms. The monoisotopic (exact) mass is 260 g/mol. The first-order valence-corrected chi connectivity index (χ1v) is 6.96. The number of nitrogen functional groups attached to an aromatic ring is 1. The number of hydrogen-bond acceptors (Lipinski definition) is 5. The molecule has 0 atom stereocenters. The van der Waals surface area contributed by atoms with Gasteiger partial charge in [0.05, 0.1) is 0 Å². The molecule has 0 radical (unpaired) electrons. The number of thiazole rings is 1. The number of hydrogen-bond donors (Lipinski definition) is 1. The number of piperazine rings is 1. The van der Waals surface area contributed by atoms with Gasteiger partial charge in [-0.25, -0.2) is 4.98 Å². The zero-order valence-corrected chi connectivity index (χ0v) is 10.9. The Bertz CT molecular complexity index is 503. The Hall–Kier alpha value is -1.75. The molecule has 18 heavy (non-hydrogen) atoms. The summed E-state index contributed by atoms with van der Waals surface area (Å²) < 4.78 is 0. The lowest BCUT2D eigenvalue weighted by Crippen LogP contribution is -2.46. The van der Waals surface area contributed by atoms with E-state index in [0.29, 0.717) is 0 Å². The van der Waals surface area contributed by atoms with E-state index in [1.165, 1.54) is 5.69 Å². The van der Waals surface area contributed by atoms with Crippen molar-refractivity contribution in [2.24, 2.45) is 0 Å². The molecule has 2 heterocycles. The minimum atomic E-state index is 0.829. The molecular weight excluding hydrogens is 244 g/mol. The van der Waals surface area contributed by atoms with E-state index in [-0.39, 0.29) is 0 Å². The molecule has 0 unspecified atom stereocenters. The van der Waals surface area contributed by atoms with Crippen LogP contribution in [0, 0.1) is 0 Å². The number of nitrogens with zero attached hydrogens (tertiary/aromatic N) is 3. The summed E-state index contributed by atoms with van der Waals surface area (Å²) in [6, 6.07) is 8.10. The van der Waals surface area contributed by atoms with E-state index in [2.05, 4.69) is 20.9 Å². The summed E-state index contributed by atoms with van der Waals surface area (Å²) in [7, 11) is 0. The minimum absolute atomic E-state index is 0.829. The van der Waals surface area contributed by atoms with Crippen molar-refractivity contribution in [1.29, 1.82) is 0 Å². The molecule has 0 spiro atoms. The van der Waals surface area contributed by atoms with Crippen LogP contribution >= 0.6 is 11.3 Å². The highest BCUT2D eigenvalue weighted by Crippen LogP contribution is 2.23. The van der Waals surface area contributed by atoms with Gasteiger partial charge in [-0.05, 0) is 18.2 Å². The molecule has 2 N–H and O–H groups in total. The summed E-state index contributed by atoms with van der Waals surface area (Å²) in [6.45, 7) is 4.07. The van der Waals surface area contributed by atoms with Crippen molar-refractivity contribution in [3.8, 4) is 0 Å². The molecule has 1 aliphatic heterocycles. The van der Waals surface area contributed by atoms with Gasteiger partial charge in [0, 0.05) is 49.1 Å². The van der Waals surface area contributed by atoms with Crippen LogP contribution in [0.4, 0.5) is 16.5 Å². The summed E-state index contributed by atoms with van der Waals surface area (Å²) in [5.41, 5.74) is 7.87. The van der Waals surface area contributed by atoms with Crippen LogP contribution < -0.4 is 15.5 Å². The molecule has 1 aliphatic rings. The van der Waals surface area contributed by atoms with Crippen LogP contribution in [-0.2, 0) is 0 Å². The van der Waals surface area contributed by atoms with Gasteiger partial charge in [0.2, 0.25) is 0 Å². The third-order valence-corrected chi connectivity index (χ3v) is 4.04. The van der Waals surface area contributed by atoms with Gasteiger partial charge < -0.3 is 15.5 Å². The Morgan fingerprint density at radius 2 is 1.89 bits per heavy atom. The fourth-order valence-electron chi connectivity index (χ4n) is 2.25. The molecule has 1 aromatic carbocycles. The SMILES string of the molecule is Nc1cccc(N2CCN(c3nccs3)CC2)c1. The van der Waals surface area contributed by atoms with Crippen LogP contribution in [-0.4, -0.2) is 31.2 Å². The molecule has 2 aromatic rings. The van der Waals surface area contributed by atoms with Gasteiger partial charge in [-0.15, -0.1) is 11.3 Å². The summed E-state index contributed by atoms with van der Waals surface area (Å²) >= 11 is 1.71. The van der Waals surface area contributed by atoms with Crippen molar-refractivity contribution >= 4 is 27.8 Å². The Labute approximate surface area is 111 Å². The van der Waals surface area contributed by atoms with Gasteiger partial charge in [-0.2, -0.15) is 0 Å². The van der Waals surface area contributed by atoms with Crippen molar-refractivity contribution < 1.29 is 0 Å². The first kappa shape index (κ1) is 11.3. The van der Waals surface area contributed by atoms with E-state index in [1.807, 2.05) is 29.8 Å². The average molecular weight is 260 g/mol. The predicted molar refractivity (Wildman–Crippen MR) is 77.4 cm³/mol. The summed E-state index contributed by atoms with van der Waals surface area (Å²) in [5, 5.41) is 3.15. The number of nitrogens with two attached hydrogens (primary N) is 1. The second kappa shape index (κ2) is 4.86. The van der Waals surface area contributed by atoms with Crippen molar-refractivity contribution in [2.75, 3.05) is 41.7 Å². The molecule has 1 fully saturated rings. The van der Waals surface area contributed by atoms with Gasteiger partial charge in [0.15, 0.2) is 5.13 Å². The highest BCUT2D eigenvalue weighted by Gasteiger charge is 2.18. The molecule has 0 aliphatic carbocycles. The predicted octanol–water partition coefficient (Wildman–Crippen LogP) is 2.05. The third kappa shape index (κ3) is 2.26. The van der Waals surface area contributed by atoms with Crippen molar-refractivity contribution in [3.05, 3.63) is 35.8 Å². The lowest BCUT2D eigenvalue weighted by atomic mass is 10.2. The van der Waals surface area contributed by atoms with Gasteiger partial charge in [-0.1, -0.05) is 6.07 Å². The summed E-state index contributed by atoms with van der Waals surface area (Å²) in [5.74, 6) is 0. The maximum Gasteiger partial charge on any atom is 0.185 e. The van der Waals surface area contributed by atoms with E-state index in [0.717, 1.165) is 37.0 Å². The Kier molecular flexibility index (Phi) is 3.06. The van der Waals surface area contributed by atoms with Gasteiger partial charge in [0.25, 0.3) is 0 Å². The van der Waals surface area contributed by atoms with Crippen LogP contribution in [0.2, 0.25) is 0 Å². The maximum atomic E-state index is 5.82. The molecule has 94 valence electrons. The van der Waals surface area contributed by atoms with E-state index in [4.69, 9.17) is 5.73 Å². The maximum absolute atomic E-state index is 5.82. The van der Waals surface area contributed by atoms with Crippen LogP contribution in [0.3, 0.4) is 0 Å². The smallest absolute Gasteiger partial charge is 0.185 e. The number of rotatable bonds is 2. The molecular formula is C13H16N4S. The Morgan fingerprint density at radius 3 is 2.56 bits per heavy atom. The molecule has 1 aromatic heterocycles. The Balaban J connectivity index is 1.67. The van der Waals surface area contributed by atoms with E-state index in [9.17, 15) is 0 Å². The first-order valence-electron chi connectivity index (χ1n) is 6.08. The van der Waals surface area contributed by atoms with Gasteiger partial charge in [-0.3, -0.25) is 0 Å². The largest absolute Gasteiger partial charge is 0.399 e. The van der Waals surface area contributed by atoms with Crippen LogP contribution in [0.5, 0.6) is 0 Å². The number of anilines is 3. The van der Waals surface area contributed by atoms with E-state index < -0.39 is 0 Å². The summed E-state index contributed by atoms with van der Waals surface area (Å²) in [4.78, 5) is 9.07. The van der Waals surface area contributed by atoms with Gasteiger partial charge in [0.1, 0.15) is 0 Å². The van der Waals surface area contributed by atoms with E-state index >= 15 is 0 Å². The molecule has 0 amide bonds. The summed E-state index contributed by atoms with van der Waals surface area (Å²) in [6.07, 6.45) is 1.87. The number of aromatic nitrogens is 1. The highest BCUT2D eigenvalue weighted by atomic mass is 32.1. The standard InChI is InChI=1S/C13H16N4S/c14-11-2-1-3-12(10-11)16-5-7-17(8-6-16)13-15-4-9-18-13/h1-4,9-10H,5-8,14H2. The van der Waals surface area contributed by atoms with Gasteiger partial charge >= 0.3 is 0 Å². The molecule has 4 nitrogen and oxygen atoms in total. The highest BCUT2D eigenvalue weighted by molar-refractivity contribution is 7.13. The molecule has 0 saturated carbocycles. The third-order valence-electron chi connectivity index (χ3n) is 3.20. The second-order valence-corrected chi connectivity index (χ2v) is 5.26. The first-order chi connectivity index (χ1) is 8.83. The second-order valence-electron chi connectivity index (χ2n) is 4.38. The zero-order chi connectivity index (χ0) is 12.4. The Morgan fingerprint density at radius 1 is 1.11 bits per heavy atom. The topological polar surface area (TPSA) is 45.4 Å². The molecule has 3 rings (SSSR count). The van der Waals surface area contributed by atoms with Crippen LogP contribution in [0.15, 0.2) is 35.8 Å². The van der Waals surface area contributed by atoms with Crippen molar-refractivity contribution in [3.63, 3.8) is 0 Å². The quantitative estimate of drug-likeness (QED) is 0.839. The van der Waals surface area contributed by atoms with Crippen LogP contribution in [0.1, 0.15) is 0 Å².